The van der Waals surface area contributed by atoms with Crippen molar-refractivity contribution >= 4 is 32.8 Å². The van der Waals surface area contributed by atoms with Gasteiger partial charge in [0.25, 0.3) is 0 Å². The average Bonchev–Trinajstić information content (AvgIpc) is 2.81. The Morgan fingerprint density at radius 2 is 2.39 bits per heavy atom. The number of fused-ring (bicyclic) bond motifs is 1. The van der Waals surface area contributed by atoms with E-state index < -0.39 is 0 Å². The molecule has 96 valence electrons. The van der Waals surface area contributed by atoms with E-state index in [4.69, 9.17) is 4.74 Å². The van der Waals surface area contributed by atoms with E-state index in [1.54, 1.807) is 11.0 Å². The SMILES string of the molecule is Cn1ncc2c(N3CCOCC3CBr)ncnc21. The molecular formula is C11H14BrN5O. The molecule has 0 amide bonds. The maximum absolute atomic E-state index is 5.51. The first-order chi connectivity index (χ1) is 8.81. The third-order valence-corrected chi connectivity index (χ3v) is 3.93. The number of alkyl halides is 1. The van der Waals surface area contributed by atoms with Crippen LogP contribution in [0.1, 0.15) is 0 Å². The van der Waals surface area contributed by atoms with Crippen LogP contribution < -0.4 is 4.90 Å². The molecule has 3 rings (SSSR count). The van der Waals surface area contributed by atoms with Crippen LogP contribution in [-0.4, -0.2) is 50.9 Å². The molecule has 1 aliphatic rings. The second-order valence-electron chi connectivity index (χ2n) is 4.28. The number of nitrogens with zero attached hydrogens (tertiary/aromatic N) is 5. The predicted octanol–water partition coefficient (Wildman–Crippen LogP) is 0.963. The molecule has 7 heteroatoms. The van der Waals surface area contributed by atoms with Gasteiger partial charge in [0.05, 0.1) is 30.8 Å². The first-order valence-corrected chi connectivity index (χ1v) is 6.96. The Morgan fingerprint density at radius 1 is 1.50 bits per heavy atom. The topological polar surface area (TPSA) is 56.1 Å². The zero-order chi connectivity index (χ0) is 12.5. The number of hydrogen-bond acceptors (Lipinski definition) is 5. The number of hydrogen-bond donors (Lipinski definition) is 0. The van der Waals surface area contributed by atoms with Crippen molar-refractivity contribution in [1.82, 2.24) is 19.7 Å². The van der Waals surface area contributed by atoms with Crippen molar-refractivity contribution in [2.45, 2.75) is 6.04 Å². The molecule has 0 aliphatic carbocycles. The molecular weight excluding hydrogens is 298 g/mol. The van der Waals surface area contributed by atoms with E-state index in [1.807, 2.05) is 13.2 Å². The van der Waals surface area contributed by atoms with E-state index in [1.165, 1.54) is 0 Å². The maximum atomic E-state index is 5.51. The minimum absolute atomic E-state index is 0.303. The van der Waals surface area contributed by atoms with Gasteiger partial charge in [-0.1, -0.05) is 15.9 Å². The lowest BCUT2D eigenvalue weighted by Gasteiger charge is -2.35. The molecule has 0 aromatic carbocycles. The standard InChI is InChI=1S/C11H14BrN5O/c1-16-10-9(5-15-16)11(14-7-13-10)17-2-3-18-6-8(17)4-12/h5,7-8H,2-4,6H2,1H3. The van der Waals surface area contributed by atoms with Crippen LogP contribution in [0.2, 0.25) is 0 Å². The van der Waals surface area contributed by atoms with Crippen molar-refractivity contribution in [2.24, 2.45) is 7.05 Å². The van der Waals surface area contributed by atoms with Gasteiger partial charge in [-0.25, -0.2) is 9.97 Å². The summed E-state index contributed by atoms with van der Waals surface area (Å²) in [5.41, 5.74) is 0.861. The van der Waals surface area contributed by atoms with Crippen molar-refractivity contribution < 1.29 is 4.74 Å². The number of rotatable bonds is 2. The summed E-state index contributed by atoms with van der Waals surface area (Å²) in [5, 5.41) is 6.10. The third-order valence-electron chi connectivity index (χ3n) is 3.19. The molecule has 0 bridgehead atoms. The molecule has 2 aromatic rings. The fourth-order valence-electron chi connectivity index (χ4n) is 2.24. The highest BCUT2D eigenvalue weighted by molar-refractivity contribution is 9.09. The highest BCUT2D eigenvalue weighted by Gasteiger charge is 2.25. The number of aromatic nitrogens is 4. The van der Waals surface area contributed by atoms with E-state index in [0.29, 0.717) is 6.04 Å². The normalized spacial score (nSPS) is 20.6. The second kappa shape index (κ2) is 4.81. The third kappa shape index (κ3) is 1.87. The van der Waals surface area contributed by atoms with E-state index in [0.717, 1.165) is 41.9 Å². The Kier molecular flexibility index (Phi) is 3.17. The molecule has 1 unspecified atom stereocenters. The predicted molar refractivity (Wildman–Crippen MR) is 72.1 cm³/mol. The van der Waals surface area contributed by atoms with Crippen LogP contribution in [0.5, 0.6) is 0 Å². The first-order valence-electron chi connectivity index (χ1n) is 5.84. The van der Waals surface area contributed by atoms with Gasteiger partial charge in [0.15, 0.2) is 5.65 Å². The van der Waals surface area contributed by atoms with Crippen LogP contribution in [-0.2, 0) is 11.8 Å². The molecule has 2 aromatic heterocycles. The molecule has 0 N–H and O–H groups in total. The summed E-state index contributed by atoms with van der Waals surface area (Å²) in [6.07, 6.45) is 3.42. The Bertz CT molecular complexity index is 557. The average molecular weight is 312 g/mol. The van der Waals surface area contributed by atoms with Gasteiger partial charge in [-0.05, 0) is 0 Å². The first kappa shape index (κ1) is 11.9. The van der Waals surface area contributed by atoms with E-state index in [-0.39, 0.29) is 0 Å². The lowest BCUT2D eigenvalue weighted by atomic mass is 10.2. The Hall–Kier alpha value is -1.21. The molecule has 1 saturated heterocycles. The summed E-state index contributed by atoms with van der Waals surface area (Å²) >= 11 is 3.53. The molecule has 3 heterocycles. The highest BCUT2D eigenvalue weighted by Crippen LogP contribution is 2.25. The van der Waals surface area contributed by atoms with Crippen molar-refractivity contribution in [3.63, 3.8) is 0 Å². The van der Waals surface area contributed by atoms with Crippen LogP contribution in [0.15, 0.2) is 12.5 Å². The van der Waals surface area contributed by atoms with Crippen LogP contribution >= 0.6 is 15.9 Å². The molecule has 1 aliphatic heterocycles. The molecule has 1 atom stereocenters. The molecule has 18 heavy (non-hydrogen) atoms. The summed E-state index contributed by atoms with van der Waals surface area (Å²) < 4.78 is 7.27. The molecule has 0 saturated carbocycles. The largest absolute Gasteiger partial charge is 0.377 e. The summed E-state index contributed by atoms with van der Waals surface area (Å²) in [6.45, 7) is 2.30. The smallest absolute Gasteiger partial charge is 0.163 e. The van der Waals surface area contributed by atoms with Crippen molar-refractivity contribution in [3.8, 4) is 0 Å². The lowest BCUT2D eigenvalue weighted by molar-refractivity contribution is 0.100. The summed E-state index contributed by atoms with van der Waals surface area (Å²) in [6, 6.07) is 0.303. The number of ether oxygens (including phenoxy) is 1. The molecule has 0 spiro atoms. The van der Waals surface area contributed by atoms with E-state index >= 15 is 0 Å². The van der Waals surface area contributed by atoms with E-state index in [9.17, 15) is 0 Å². The number of aryl methyl sites for hydroxylation is 1. The van der Waals surface area contributed by atoms with Gasteiger partial charge >= 0.3 is 0 Å². The highest BCUT2D eigenvalue weighted by atomic mass is 79.9. The Morgan fingerprint density at radius 3 is 3.22 bits per heavy atom. The number of morpholine rings is 1. The molecule has 6 nitrogen and oxygen atoms in total. The minimum Gasteiger partial charge on any atom is -0.377 e. The van der Waals surface area contributed by atoms with Gasteiger partial charge in [-0.2, -0.15) is 5.10 Å². The van der Waals surface area contributed by atoms with E-state index in [2.05, 4.69) is 35.9 Å². The summed E-state index contributed by atoms with van der Waals surface area (Å²) in [5.74, 6) is 0.945. The van der Waals surface area contributed by atoms with Crippen LogP contribution in [0, 0.1) is 0 Å². The molecule has 1 fully saturated rings. The summed E-state index contributed by atoms with van der Waals surface area (Å²) in [4.78, 5) is 11.0. The van der Waals surface area contributed by atoms with Gasteiger partial charge in [0.2, 0.25) is 0 Å². The fraction of sp³-hybridized carbons (Fsp3) is 0.545. The van der Waals surface area contributed by atoms with Crippen LogP contribution in [0.3, 0.4) is 0 Å². The van der Waals surface area contributed by atoms with Crippen molar-refractivity contribution in [3.05, 3.63) is 12.5 Å². The Balaban J connectivity index is 2.07. The van der Waals surface area contributed by atoms with Gasteiger partial charge < -0.3 is 9.64 Å². The van der Waals surface area contributed by atoms with Crippen molar-refractivity contribution in [1.29, 1.82) is 0 Å². The van der Waals surface area contributed by atoms with Gasteiger partial charge in [-0.3, -0.25) is 4.68 Å². The zero-order valence-electron chi connectivity index (χ0n) is 10.1. The van der Waals surface area contributed by atoms with Gasteiger partial charge in [0, 0.05) is 18.9 Å². The molecule has 0 radical (unpaired) electrons. The number of halogens is 1. The van der Waals surface area contributed by atoms with Gasteiger partial charge in [0.1, 0.15) is 12.1 Å². The van der Waals surface area contributed by atoms with Crippen LogP contribution in [0.4, 0.5) is 5.82 Å². The van der Waals surface area contributed by atoms with Crippen LogP contribution in [0.25, 0.3) is 11.0 Å². The zero-order valence-corrected chi connectivity index (χ0v) is 11.7. The monoisotopic (exact) mass is 311 g/mol. The number of anilines is 1. The Labute approximate surface area is 113 Å². The maximum Gasteiger partial charge on any atom is 0.163 e. The minimum atomic E-state index is 0.303. The lowest BCUT2D eigenvalue weighted by Crippen LogP contribution is -2.47. The van der Waals surface area contributed by atoms with Gasteiger partial charge in [-0.15, -0.1) is 0 Å². The summed E-state index contributed by atoms with van der Waals surface area (Å²) in [7, 11) is 1.89. The fourth-order valence-corrected chi connectivity index (χ4v) is 2.78. The quantitative estimate of drug-likeness (QED) is 0.773. The second-order valence-corrected chi connectivity index (χ2v) is 4.93. The van der Waals surface area contributed by atoms with Crippen molar-refractivity contribution in [2.75, 3.05) is 30.0 Å².